The topological polar surface area (TPSA) is 101 Å². The molecule has 3 fully saturated rings. The molecule has 2 atom stereocenters. The van der Waals surface area contributed by atoms with E-state index >= 15 is 0 Å². The Hall–Kier alpha value is -1.85. The molecule has 10 nitrogen and oxygen atoms in total. The lowest BCUT2D eigenvalue weighted by Gasteiger charge is -2.39. The van der Waals surface area contributed by atoms with Crippen LogP contribution in [0.1, 0.15) is 31.9 Å². The van der Waals surface area contributed by atoms with Crippen LogP contribution in [0.5, 0.6) is 0 Å². The molecule has 1 aliphatic carbocycles. The fourth-order valence-corrected chi connectivity index (χ4v) is 4.87. The van der Waals surface area contributed by atoms with E-state index in [2.05, 4.69) is 30.1 Å². The molecular weight excluding hydrogens is 398 g/mol. The Kier molecular flexibility index (Phi) is 6.61. The molecule has 0 radical (unpaired) electrons. The third-order valence-corrected chi connectivity index (χ3v) is 6.63. The molecule has 2 aliphatic heterocycles. The fraction of sp³-hybridized carbons (Fsp3) is 0.762. The fourth-order valence-electron chi connectivity index (χ4n) is 4.87. The standard InChI is InChI=1S/C21H33N7O3/c29-13-17-11-27(6-5-26-7-9-30-10-8-26)12-18(31-17)28-15-24-19-20(22-14-23-21(19)28)25-16-3-1-2-4-16/h14-18,29H,1-13H2,(H,22,23,25)/t17-,18+/m0/s1. The lowest BCUT2D eigenvalue weighted by molar-refractivity contribution is -0.134. The van der Waals surface area contributed by atoms with Crippen molar-refractivity contribution in [2.24, 2.45) is 0 Å². The van der Waals surface area contributed by atoms with Gasteiger partial charge < -0.3 is 19.9 Å². The van der Waals surface area contributed by atoms with Gasteiger partial charge in [0, 0.05) is 45.3 Å². The van der Waals surface area contributed by atoms with Gasteiger partial charge in [-0.1, -0.05) is 12.8 Å². The maximum absolute atomic E-state index is 9.82. The summed E-state index contributed by atoms with van der Waals surface area (Å²) in [5.74, 6) is 0.800. The molecule has 0 amide bonds. The number of aliphatic hydroxyl groups is 1. The van der Waals surface area contributed by atoms with Crippen molar-refractivity contribution in [3.63, 3.8) is 0 Å². The molecule has 0 aromatic carbocycles. The van der Waals surface area contributed by atoms with E-state index in [4.69, 9.17) is 9.47 Å². The largest absolute Gasteiger partial charge is 0.394 e. The Morgan fingerprint density at radius 1 is 1.03 bits per heavy atom. The van der Waals surface area contributed by atoms with E-state index < -0.39 is 0 Å². The minimum Gasteiger partial charge on any atom is -0.394 e. The number of anilines is 1. The van der Waals surface area contributed by atoms with Gasteiger partial charge in [-0.15, -0.1) is 0 Å². The van der Waals surface area contributed by atoms with Crippen molar-refractivity contribution in [3.8, 4) is 0 Å². The van der Waals surface area contributed by atoms with Crippen LogP contribution in [0.25, 0.3) is 11.2 Å². The molecule has 0 unspecified atom stereocenters. The Morgan fingerprint density at radius 2 is 1.84 bits per heavy atom. The van der Waals surface area contributed by atoms with E-state index in [1.54, 1.807) is 12.7 Å². The van der Waals surface area contributed by atoms with Crippen molar-refractivity contribution in [1.29, 1.82) is 0 Å². The number of hydrogen-bond donors (Lipinski definition) is 2. The molecule has 170 valence electrons. The van der Waals surface area contributed by atoms with E-state index in [9.17, 15) is 5.11 Å². The summed E-state index contributed by atoms with van der Waals surface area (Å²) in [4.78, 5) is 18.4. The average molecular weight is 432 g/mol. The van der Waals surface area contributed by atoms with Gasteiger partial charge in [0.15, 0.2) is 17.0 Å². The highest BCUT2D eigenvalue weighted by Gasteiger charge is 2.30. The van der Waals surface area contributed by atoms with Crippen LogP contribution < -0.4 is 5.32 Å². The molecule has 2 aromatic rings. The first-order valence-corrected chi connectivity index (χ1v) is 11.5. The average Bonchev–Trinajstić information content (AvgIpc) is 3.48. The van der Waals surface area contributed by atoms with Crippen LogP contribution in [0, 0.1) is 0 Å². The van der Waals surface area contributed by atoms with Crippen molar-refractivity contribution in [2.45, 2.75) is 44.1 Å². The van der Waals surface area contributed by atoms with Crippen LogP contribution in [0.3, 0.4) is 0 Å². The maximum atomic E-state index is 9.82. The summed E-state index contributed by atoms with van der Waals surface area (Å²) in [5, 5.41) is 13.4. The van der Waals surface area contributed by atoms with Crippen LogP contribution in [0.2, 0.25) is 0 Å². The lowest BCUT2D eigenvalue weighted by atomic mass is 10.2. The second-order valence-corrected chi connectivity index (χ2v) is 8.78. The number of aliphatic hydroxyl groups excluding tert-OH is 1. The zero-order chi connectivity index (χ0) is 21.0. The van der Waals surface area contributed by atoms with E-state index in [-0.39, 0.29) is 18.9 Å². The zero-order valence-corrected chi connectivity index (χ0v) is 18.0. The zero-order valence-electron chi connectivity index (χ0n) is 18.0. The van der Waals surface area contributed by atoms with Gasteiger partial charge in [-0.2, -0.15) is 0 Å². The molecule has 4 heterocycles. The first-order valence-electron chi connectivity index (χ1n) is 11.5. The summed E-state index contributed by atoms with van der Waals surface area (Å²) in [6, 6.07) is 0.462. The SMILES string of the molecule is OC[C@@H]1CN(CCN2CCOCC2)C[C@H](n2cnc3c(NC4CCCC4)ncnc32)O1. The van der Waals surface area contributed by atoms with Crippen molar-refractivity contribution >= 4 is 17.0 Å². The smallest absolute Gasteiger partial charge is 0.167 e. The van der Waals surface area contributed by atoms with Gasteiger partial charge in [0.2, 0.25) is 0 Å². The number of nitrogens with zero attached hydrogens (tertiary/aromatic N) is 6. The molecule has 3 aliphatic rings. The van der Waals surface area contributed by atoms with Gasteiger partial charge >= 0.3 is 0 Å². The number of morpholine rings is 2. The van der Waals surface area contributed by atoms with E-state index in [0.29, 0.717) is 6.04 Å². The van der Waals surface area contributed by atoms with Gasteiger partial charge in [-0.25, -0.2) is 15.0 Å². The Balaban J connectivity index is 1.30. The quantitative estimate of drug-likeness (QED) is 0.656. The minimum atomic E-state index is -0.241. The Bertz CT molecular complexity index is 851. The van der Waals surface area contributed by atoms with Gasteiger partial charge in [0.05, 0.1) is 32.3 Å². The van der Waals surface area contributed by atoms with Gasteiger partial charge in [0.25, 0.3) is 0 Å². The lowest BCUT2D eigenvalue weighted by Crippen LogP contribution is -2.50. The van der Waals surface area contributed by atoms with Crippen molar-refractivity contribution in [1.82, 2.24) is 29.3 Å². The van der Waals surface area contributed by atoms with Crippen LogP contribution in [0.4, 0.5) is 5.82 Å². The number of aromatic nitrogens is 4. The highest BCUT2D eigenvalue weighted by Crippen LogP contribution is 2.28. The summed E-state index contributed by atoms with van der Waals surface area (Å²) in [6.07, 6.45) is 7.80. The molecule has 10 heteroatoms. The predicted octanol–water partition coefficient (Wildman–Crippen LogP) is 0.705. The van der Waals surface area contributed by atoms with Crippen LogP contribution in [-0.2, 0) is 9.47 Å². The summed E-state index contributed by atoms with van der Waals surface area (Å²) in [7, 11) is 0. The minimum absolute atomic E-state index is 0.000648. The van der Waals surface area contributed by atoms with Crippen LogP contribution in [-0.4, -0.2) is 106 Å². The molecular formula is C21H33N7O3. The summed E-state index contributed by atoms with van der Waals surface area (Å²) >= 11 is 0. The number of fused-ring (bicyclic) bond motifs is 1. The summed E-state index contributed by atoms with van der Waals surface area (Å²) < 4.78 is 13.6. The molecule has 2 saturated heterocycles. The highest BCUT2D eigenvalue weighted by molar-refractivity contribution is 5.82. The summed E-state index contributed by atoms with van der Waals surface area (Å²) in [6.45, 7) is 6.98. The number of rotatable bonds is 7. The van der Waals surface area contributed by atoms with Crippen LogP contribution >= 0.6 is 0 Å². The van der Waals surface area contributed by atoms with Crippen molar-refractivity contribution in [3.05, 3.63) is 12.7 Å². The third-order valence-electron chi connectivity index (χ3n) is 6.63. The molecule has 5 rings (SSSR count). The molecule has 2 N–H and O–H groups in total. The van der Waals surface area contributed by atoms with Crippen LogP contribution in [0.15, 0.2) is 12.7 Å². The monoisotopic (exact) mass is 431 g/mol. The van der Waals surface area contributed by atoms with E-state index in [0.717, 1.165) is 69.5 Å². The van der Waals surface area contributed by atoms with Crippen molar-refractivity contribution < 1.29 is 14.6 Å². The Labute approximate surface area is 182 Å². The van der Waals surface area contributed by atoms with E-state index in [1.165, 1.54) is 25.7 Å². The Morgan fingerprint density at radius 3 is 2.65 bits per heavy atom. The highest BCUT2D eigenvalue weighted by atomic mass is 16.5. The third kappa shape index (κ3) is 4.83. The van der Waals surface area contributed by atoms with Gasteiger partial charge in [-0.05, 0) is 12.8 Å². The molecule has 1 saturated carbocycles. The second kappa shape index (κ2) is 9.74. The van der Waals surface area contributed by atoms with Crippen molar-refractivity contribution in [2.75, 3.05) is 64.4 Å². The first kappa shape index (κ1) is 21.0. The summed E-state index contributed by atoms with van der Waals surface area (Å²) in [5.41, 5.74) is 1.55. The van der Waals surface area contributed by atoms with Gasteiger partial charge in [-0.3, -0.25) is 14.4 Å². The molecule has 2 aromatic heterocycles. The predicted molar refractivity (Wildman–Crippen MR) is 116 cm³/mol. The maximum Gasteiger partial charge on any atom is 0.167 e. The first-order chi connectivity index (χ1) is 15.3. The number of hydrogen-bond acceptors (Lipinski definition) is 9. The molecule has 0 spiro atoms. The second-order valence-electron chi connectivity index (χ2n) is 8.78. The molecule has 0 bridgehead atoms. The number of ether oxygens (including phenoxy) is 2. The normalized spacial score (nSPS) is 26.6. The molecule has 31 heavy (non-hydrogen) atoms. The van der Waals surface area contributed by atoms with Gasteiger partial charge in [0.1, 0.15) is 12.6 Å². The van der Waals surface area contributed by atoms with E-state index in [1.807, 2.05) is 4.57 Å². The number of nitrogens with one attached hydrogen (secondary N) is 1. The number of imidazole rings is 1.